The second kappa shape index (κ2) is 12.3. The van der Waals surface area contributed by atoms with Gasteiger partial charge in [0, 0.05) is 22.1 Å². The highest BCUT2D eigenvalue weighted by molar-refractivity contribution is 6.31. The van der Waals surface area contributed by atoms with Crippen molar-refractivity contribution in [1.29, 1.82) is 0 Å². The molecule has 252 valence electrons. The highest BCUT2D eigenvalue weighted by atomic mass is 35.5. The molecule has 2 amide bonds. The number of benzene rings is 2. The van der Waals surface area contributed by atoms with Gasteiger partial charge in [0.1, 0.15) is 28.3 Å². The lowest BCUT2D eigenvalue weighted by atomic mass is 9.89. The van der Waals surface area contributed by atoms with Crippen molar-refractivity contribution in [3.05, 3.63) is 69.8 Å². The average molecular weight is 687 g/mol. The van der Waals surface area contributed by atoms with Crippen molar-refractivity contribution in [1.82, 2.24) is 15.3 Å². The summed E-state index contributed by atoms with van der Waals surface area (Å²) >= 11 is 6.27. The van der Waals surface area contributed by atoms with Crippen molar-refractivity contribution < 1.29 is 46.8 Å². The fraction of sp³-hybridized carbons (Fsp3) is 0.333. The first kappa shape index (κ1) is 33.1. The Morgan fingerprint density at radius 1 is 1.17 bits per heavy atom. The fourth-order valence-electron chi connectivity index (χ4n) is 5.72. The van der Waals surface area contributed by atoms with Gasteiger partial charge in [-0.2, -0.15) is 0 Å². The van der Waals surface area contributed by atoms with E-state index in [1.54, 1.807) is 26.0 Å². The lowest BCUT2D eigenvalue weighted by molar-refractivity contribution is -0.286. The molecule has 1 atom stereocenters. The number of primary amides is 1. The molecule has 1 aliphatic heterocycles. The largest absolute Gasteiger partial charge is 0.586 e. The molecule has 48 heavy (non-hydrogen) atoms. The number of ether oxygens (including phenoxy) is 4. The highest BCUT2D eigenvalue weighted by Gasteiger charge is 2.49. The maximum Gasteiger partial charge on any atom is 0.586 e. The Bertz CT molecular complexity index is 1970. The Morgan fingerprint density at radius 2 is 1.90 bits per heavy atom. The van der Waals surface area contributed by atoms with Crippen LogP contribution in [0.25, 0.3) is 22.2 Å². The Kier molecular flexibility index (Phi) is 8.50. The van der Waals surface area contributed by atoms with Gasteiger partial charge in [-0.05, 0) is 69.0 Å². The van der Waals surface area contributed by atoms with E-state index < -0.39 is 54.1 Å². The number of aliphatic hydroxyl groups is 1. The van der Waals surface area contributed by atoms with Crippen LogP contribution in [0.3, 0.4) is 0 Å². The van der Waals surface area contributed by atoms with E-state index in [2.05, 4.69) is 24.8 Å². The molecule has 0 unspecified atom stereocenters. The summed E-state index contributed by atoms with van der Waals surface area (Å²) in [6, 6.07) is 8.48. The molecule has 2 aromatic carbocycles. The number of methoxy groups -OCH3 is 1. The lowest BCUT2D eigenvalue weighted by Gasteiger charge is -2.30. The Hall–Kier alpha value is -4.82. The number of rotatable bonds is 11. The molecule has 3 heterocycles. The summed E-state index contributed by atoms with van der Waals surface area (Å²) in [6.07, 6.45) is -3.57. The number of fused-ring (bicyclic) bond motifs is 2. The second-order valence-corrected chi connectivity index (χ2v) is 11.9. The number of carbonyl (C=O) groups excluding carboxylic acids is 2. The van der Waals surface area contributed by atoms with Gasteiger partial charge in [-0.15, -0.1) is 8.78 Å². The molecule has 1 saturated carbocycles. The highest BCUT2D eigenvalue weighted by Crippen LogP contribution is 2.49. The third-order valence-corrected chi connectivity index (χ3v) is 8.56. The number of nitrogens with two attached hydrogens (primary N) is 1. The molecule has 11 nitrogen and oxygen atoms in total. The minimum absolute atomic E-state index is 0.0142. The summed E-state index contributed by atoms with van der Waals surface area (Å²) in [4.78, 5) is 34.6. The van der Waals surface area contributed by atoms with Gasteiger partial charge in [-0.25, -0.2) is 14.4 Å². The first-order valence-corrected chi connectivity index (χ1v) is 15.3. The molecular formula is C33H30ClF3N4O7. The van der Waals surface area contributed by atoms with E-state index in [0.717, 1.165) is 0 Å². The van der Waals surface area contributed by atoms with Gasteiger partial charge in [0.15, 0.2) is 23.1 Å². The van der Waals surface area contributed by atoms with Gasteiger partial charge < -0.3 is 35.1 Å². The lowest BCUT2D eigenvalue weighted by Crippen LogP contribution is -2.44. The summed E-state index contributed by atoms with van der Waals surface area (Å²) < 4.78 is 64.4. The van der Waals surface area contributed by atoms with Gasteiger partial charge in [-0.1, -0.05) is 11.6 Å². The number of nitrogens with one attached hydrogen (secondary N) is 1. The first-order chi connectivity index (χ1) is 22.7. The van der Waals surface area contributed by atoms with Crippen LogP contribution in [0.2, 0.25) is 5.02 Å². The molecule has 0 spiro atoms. The maximum absolute atomic E-state index is 16.5. The van der Waals surface area contributed by atoms with Gasteiger partial charge in [-0.3, -0.25) is 9.59 Å². The van der Waals surface area contributed by atoms with E-state index in [0.29, 0.717) is 40.2 Å². The number of aromatic nitrogens is 2. The van der Waals surface area contributed by atoms with Crippen LogP contribution in [0.1, 0.15) is 47.1 Å². The molecule has 0 saturated heterocycles. The standard InChI is InChI=1S/C33H30ClF3N4O7/c1-4-46-29-20(13-25(38)42)26(35)30(41-28(29)16-5-8-22-23(11-16)48-33(36,37)47-22)32(44,19-6-7-19)14-39-31(43)18-9-17-10-21(34)15(2)40-27(17)24(12-18)45-3/h5,8-12,19,44H,4,6-7,13-14H2,1-3H3,(H2,38,42)(H,39,43)/t32-/m1/s1. The summed E-state index contributed by atoms with van der Waals surface area (Å²) in [5.41, 5.74) is 3.93. The van der Waals surface area contributed by atoms with Crippen LogP contribution in [0.5, 0.6) is 23.0 Å². The van der Waals surface area contributed by atoms with Crippen molar-refractivity contribution in [2.75, 3.05) is 20.3 Å². The molecule has 2 aliphatic rings. The molecule has 0 bridgehead atoms. The number of nitrogens with zero attached hydrogens (tertiary/aromatic N) is 2. The molecular weight excluding hydrogens is 657 g/mol. The van der Waals surface area contributed by atoms with Crippen LogP contribution in [0.15, 0.2) is 36.4 Å². The summed E-state index contributed by atoms with van der Waals surface area (Å²) in [5.74, 6) is -3.51. The number of amides is 2. The van der Waals surface area contributed by atoms with Crippen LogP contribution in [-0.4, -0.2) is 53.4 Å². The SMILES string of the molecule is CCOc1c(-c2ccc3c(c2)OC(F)(F)O3)nc([C@@](O)(CNC(=O)c2cc(OC)c3nc(C)c(Cl)cc3c2)C2CC2)c(F)c1CC(N)=O. The molecule has 15 heteroatoms. The van der Waals surface area contributed by atoms with E-state index in [9.17, 15) is 23.5 Å². The number of hydrogen-bond donors (Lipinski definition) is 3. The monoisotopic (exact) mass is 686 g/mol. The molecule has 4 aromatic rings. The van der Waals surface area contributed by atoms with Gasteiger partial charge in [0.2, 0.25) is 5.91 Å². The Labute approximate surface area is 277 Å². The smallest absolute Gasteiger partial charge is 0.494 e. The summed E-state index contributed by atoms with van der Waals surface area (Å²) in [5, 5.41) is 15.8. The van der Waals surface area contributed by atoms with Gasteiger partial charge in [0.05, 0.1) is 37.4 Å². The van der Waals surface area contributed by atoms with Gasteiger partial charge >= 0.3 is 6.29 Å². The van der Waals surface area contributed by atoms with Crippen LogP contribution in [0, 0.1) is 18.7 Å². The van der Waals surface area contributed by atoms with Crippen LogP contribution in [-0.2, 0) is 16.8 Å². The predicted octanol–water partition coefficient (Wildman–Crippen LogP) is 5.18. The third-order valence-electron chi connectivity index (χ3n) is 8.18. The van der Waals surface area contributed by atoms with Gasteiger partial charge in [0.25, 0.3) is 5.91 Å². The number of alkyl halides is 2. The molecule has 2 aromatic heterocycles. The van der Waals surface area contributed by atoms with E-state index in [1.165, 1.54) is 31.4 Å². The van der Waals surface area contributed by atoms with Crippen molar-refractivity contribution in [3.63, 3.8) is 0 Å². The van der Waals surface area contributed by atoms with E-state index >= 15 is 4.39 Å². The summed E-state index contributed by atoms with van der Waals surface area (Å²) in [6.45, 7) is 2.89. The number of carbonyl (C=O) groups is 2. The number of pyridine rings is 2. The molecule has 1 fully saturated rings. The number of halogens is 4. The minimum atomic E-state index is -3.90. The van der Waals surface area contributed by atoms with Crippen molar-refractivity contribution in [2.24, 2.45) is 11.7 Å². The predicted molar refractivity (Wildman–Crippen MR) is 167 cm³/mol. The van der Waals surface area contributed by atoms with E-state index in [4.69, 9.17) is 26.8 Å². The zero-order chi connectivity index (χ0) is 34.5. The maximum atomic E-state index is 16.5. The zero-order valence-corrected chi connectivity index (χ0v) is 26.7. The second-order valence-electron chi connectivity index (χ2n) is 11.5. The normalized spacial score (nSPS) is 16.0. The molecule has 1 aliphatic carbocycles. The van der Waals surface area contributed by atoms with Crippen molar-refractivity contribution in [3.8, 4) is 34.3 Å². The fourth-order valence-corrected chi connectivity index (χ4v) is 5.87. The van der Waals surface area contributed by atoms with E-state index in [-0.39, 0.29) is 46.2 Å². The number of aryl methyl sites for hydroxylation is 1. The summed E-state index contributed by atoms with van der Waals surface area (Å²) in [7, 11) is 1.43. The molecule has 4 N–H and O–H groups in total. The van der Waals surface area contributed by atoms with Crippen molar-refractivity contribution >= 4 is 34.3 Å². The number of hydrogen-bond acceptors (Lipinski definition) is 9. The Balaban J connectivity index is 1.42. The third kappa shape index (κ3) is 6.13. The average Bonchev–Trinajstić information content (AvgIpc) is 3.84. The van der Waals surface area contributed by atoms with Crippen LogP contribution >= 0.6 is 11.6 Å². The Morgan fingerprint density at radius 3 is 2.56 bits per heavy atom. The van der Waals surface area contributed by atoms with Crippen LogP contribution in [0.4, 0.5) is 13.2 Å². The van der Waals surface area contributed by atoms with Crippen LogP contribution < -0.4 is 30.0 Å². The zero-order valence-electron chi connectivity index (χ0n) is 26.0. The topological polar surface area (TPSA) is 155 Å². The molecule has 0 radical (unpaired) electrons. The minimum Gasteiger partial charge on any atom is -0.494 e. The van der Waals surface area contributed by atoms with E-state index in [1.807, 2.05) is 0 Å². The van der Waals surface area contributed by atoms with Crippen molar-refractivity contribution in [2.45, 2.75) is 45.0 Å². The molecule has 6 rings (SSSR count). The first-order valence-electron chi connectivity index (χ1n) is 14.9. The quantitative estimate of drug-likeness (QED) is 0.194.